The van der Waals surface area contributed by atoms with Crippen LogP contribution < -0.4 is 5.32 Å². The molecule has 0 spiro atoms. The summed E-state index contributed by atoms with van der Waals surface area (Å²) in [4.78, 5) is 21.7. The average molecular weight is 344 g/mol. The number of aromatic nitrogens is 3. The van der Waals surface area contributed by atoms with Crippen molar-refractivity contribution in [2.24, 2.45) is 0 Å². The molecule has 0 radical (unpaired) electrons. The van der Waals surface area contributed by atoms with E-state index >= 15 is 0 Å². The first-order valence-electron chi connectivity index (χ1n) is 9.06. The second-order valence-corrected chi connectivity index (χ2v) is 7.98. The highest BCUT2D eigenvalue weighted by Crippen LogP contribution is 2.36. The van der Waals surface area contributed by atoms with E-state index in [4.69, 9.17) is 4.74 Å². The van der Waals surface area contributed by atoms with Crippen LogP contribution in [0, 0.1) is 6.92 Å². The number of pyridine rings is 1. The highest BCUT2D eigenvalue weighted by Gasteiger charge is 2.27. The lowest BCUT2D eigenvalue weighted by Crippen LogP contribution is -2.29. The number of carbonyl (C=O) groups is 1. The summed E-state index contributed by atoms with van der Waals surface area (Å²) in [5.41, 5.74) is 2.38. The molecule has 2 heterocycles. The molecule has 1 aliphatic rings. The molecule has 6 heteroatoms. The van der Waals surface area contributed by atoms with Crippen molar-refractivity contribution < 1.29 is 9.53 Å². The van der Waals surface area contributed by atoms with E-state index in [1.54, 1.807) is 0 Å². The summed E-state index contributed by atoms with van der Waals surface area (Å²) < 4.78 is 7.93. The molecule has 0 aliphatic heterocycles. The van der Waals surface area contributed by atoms with Gasteiger partial charge < -0.3 is 4.74 Å². The summed E-state index contributed by atoms with van der Waals surface area (Å²) in [6.07, 6.45) is 3.57. The molecule has 6 nitrogen and oxygen atoms in total. The number of rotatable bonds is 5. The van der Waals surface area contributed by atoms with E-state index in [1.165, 1.54) is 6.42 Å². The van der Waals surface area contributed by atoms with E-state index in [9.17, 15) is 4.79 Å². The highest BCUT2D eigenvalue weighted by atomic mass is 16.5. The lowest BCUT2D eigenvalue weighted by molar-refractivity contribution is -0.121. The Morgan fingerprint density at radius 1 is 1.36 bits per heavy atom. The molecule has 136 valence electrons. The molecule has 0 aromatic carbocycles. The standard InChI is InChI=1S/C19H28N4O2/c1-12-9-10-15-17(20-12)23(14-7-6-8-14)18(21-15)22-16(24)11-13(2)25-19(3,4)5/h9-10,13-14H,6-8,11H2,1-5H3,(H,21,22,24)/t13-/m1/s1. The molecular formula is C19H28N4O2. The predicted octanol–water partition coefficient (Wildman–Crippen LogP) is 4.00. The van der Waals surface area contributed by atoms with Gasteiger partial charge in [0, 0.05) is 11.7 Å². The van der Waals surface area contributed by atoms with Crippen molar-refractivity contribution in [1.82, 2.24) is 14.5 Å². The van der Waals surface area contributed by atoms with Gasteiger partial charge in [-0.25, -0.2) is 9.97 Å². The van der Waals surface area contributed by atoms with Crippen LogP contribution >= 0.6 is 0 Å². The van der Waals surface area contributed by atoms with Gasteiger partial charge in [0.05, 0.1) is 18.1 Å². The van der Waals surface area contributed by atoms with E-state index in [1.807, 2.05) is 46.8 Å². The molecule has 2 aromatic heterocycles. The number of hydrogen-bond acceptors (Lipinski definition) is 4. The smallest absolute Gasteiger partial charge is 0.229 e. The van der Waals surface area contributed by atoms with Gasteiger partial charge in [-0.1, -0.05) is 0 Å². The van der Waals surface area contributed by atoms with Crippen molar-refractivity contribution in [3.63, 3.8) is 0 Å². The van der Waals surface area contributed by atoms with Crippen LogP contribution in [0.15, 0.2) is 12.1 Å². The zero-order chi connectivity index (χ0) is 18.2. The fourth-order valence-corrected chi connectivity index (χ4v) is 3.23. The Morgan fingerprint density at radius 3 is 2.68 bits per heavy atom. The summed E-state index contributed by atoms with van der Waals surface area (Å²) in [6, 6.07) is 4.29. The average Bonchev–Trinajstić information content (AvgIpc) is 2.72. The van der Waals surface area contributed by atoms with Crippen LogP contribution in [0.1, 0.15) is 65.1 Å². The van der Waals surface area contributed by atoms with Crippen molar-refractivity contribution >= 4 is 23.0 Å². The largest absolute Gasteiger partial charge is 0.372 e. The normalized spacial score (nSPS) is 16.7. The van der Waals surface area contributed by atoms with Crippen molar-refractivity contribution in [3.05, 3.63) is 17.8 Å². The summed E-state index contributed by atoms with van der Waals surface area (Å²) in [7, 11) is 0. The third kappa shape index (κ3) is 4.18. The zero-order valence-corrected chi connectivity index (χ0v) is 15.8. The maximum atomic E-state index is 12.5. The molecule has 1 N–H and O–H groups in total. The van der Waals surface area contributed by atoms with Crippen LogP contribution in [0.3, 0.4) is 0 Å². The quantitative estimate of drug-likeness (QED) is 0.890. The Hall–Kier alpha value is -1.95. The Balaban J connectivity index is 1.79. The summed E-state index contributed by atoms with van der Waals surface area (Å²) in [5, 5.41) is 2.98. The molecule has 1 atom stereocenters. The minimum absolute atomic E-state index is 0.0793. The summed E-state index contributed by atoms with van der Waals surface area (Å²) in [6.45, 7) is 9.87. The van der Waals surface area contributed by atoms with Gasteiger partial charge in [0.25, 0.3) is 0 Å². The minimum Gasteiger partial charge on any atom is -0.372 e. The van der Waals surface area contributed by atoms with Crippen LogP contribution in [0.4, 0.5) is 5.95 Å². The maximum absolute atomic E-state index is 12.5. The van der Waals surface area contributed by atoms with E-state index in [-0.39, 0.29) is 17.6 Å². The first-order valence-corrected chi connectivity index (χ1v) is 9.06. The first kappa shape index (κ1) is 17.9. The van der Waals surface area contributed by atoms with E-state index in [0.29, 0.717) is 18.4 Å². The van der Waals surface area contributed by atoms with Gasteiger partial charge in [-0.2, -0.15) is 0 Å². The molecule has 25 heavy (non-hydrogen) atoms. The van der Waals surface area contributed by atoms with Crippen molar-refractivity contribution in [1.29, 1.82) is 0 Å². The van der Waals surface area contributed by atoms with Crippen molar-refractivity contribution in [3.8, 4) is 0 Å². The number of amides is 1. The van der Waals surface area contributed by atoms with Gasteiger partial charge in [-0.05, 0) is 66.0 Å². The van der Waals surface area contributed by atoms with Crippen molar-refractivity contribution in [2.75, 3.05) is 5.32 Å². The number of ether oxygens (including phenoxy) is 1. The van der Waals surface area contributed by atoms with Crippen LogP contribution in [0.2, 0.25) is 0 Å². The molecule has 2 aromatic rings. The molecule has 1 amide bonds. The predicted molar refractivity (Wildman–Crippen MR) is 98.7 cm³/mol. The molecule has 3 rings (SSSR count). The van der Waals surface area contributed by atoms with Crippen molar-refractivity contribution in [2.45, 2.75) is 78.0 Å². The number of anilines is 1. The molecule has 1 saturated carbocycles. The van der Waals surface area contributed by atoms with Gasteiger partial charge in [0.2, 0.25) is 11.9 Å². The van der Waals surface area contributed by atoms with Gasteiger partial charge in [-0.3, -0.25) is 14.7 Å². The molecule has 0 saturated heterocycles. The number of imidazole rings is 1. The number of hydrogen-bond donors (Lipinski definition) is 1. The first-order chi connectivity index (χ1) is 11.7. The zero-order valence-electron chi connectivity index (χ0n) is 15.8. The maximum Gasteiger partial charge on any atom is 0.229 e. The molecule has 0 unspecified atom stereocenters. The van der Waals surface area contributed by atoms with E-state index in [2.05, 4.69) is 19.9 Å². The topological polar surface area (TPSA) is 69.0 Å². The van der Waals surface area contributed by atoms with Gasteiger partial charge in [0.1, 0.15) is 5.52 Å². The fraction of sp³-hybridized carbons (Fsp3) is 0.632. The molecule has 1 aliphatic carbocycles. The second kappa shape index (κ2) is 6.75. The Kier molecular flexibility index (Phi) is 4.82. The summed E-state index contributed by atoms with van der Waals surface area (Å²) in [5.74, 6) is 0.523. The number of fused-ring (bicyclic) bond motifs is 1. The number of nitrogens with one attached hydrogen (secondary N) is 1. The van der Waals surface area contributed by atoms with Crippen LogP contribution in [-0.2, 0) is 9.53 Å². The lowest BCUT2D eigenvalue weighted by atomic mass is 9.93. The second-order valence-electron chi connectivity index (χ2n) is 7.98. The third-order valence-corrected chi connectivity index (χ3v) is 4.40. The molecular weight excluding hydrogens is 316 g/mol. The van der Waals surface area contributed by atoms with Gasteiger partial charge in [-0.15, -0.1) is 0 Å². The molecule has 1 fully saturated rings. The number of nitrogens with zero attached hydrogens (tertiary/aromatic N) is 3. The lowest BCUT2D eigenvalue weighted by Gasteiger charge is -2.28. The van der Waals surface area contributed by atoms with Crippen LogP contribution in [0.5, 0.6) is 0 Å². The fourth-order valence-electron chi connectivity index (χ4n) is 3.23. The minimum atomic E-state index is -0.264. The van der Waals surface area contributed by atoms with Crippen LogP contribution in [-0.4, -0.2) is 32.1 Å². The van der Waals surface area contributed by atoms with Gasteiger partial charge in [0.15, 0.2) is 5.65 Å². The van der Waals surface area contributed by atoms with E-state index < -0.39 is 0 Å². The third-order valence-electron chi connectivity index (χ3n) is 4.40. The number of aryl methyl sites for hydroxylation is 1. The highest BCUT2D eigenvalue weighted by molar-refractivity contribution is 5.91. The molecule has 0 bridgehead atoms. The monoisotopic (exact) mass is 344 g/mol. The van der Waals surface area contributed by atoms with E-state index in [0.717, 1.165) is 29.7 Å². The Labute approximate surface area is 149 Å². The SMILES string of the molecule is Cc1ccc2nc(NC(=O)C[C@@H](C)OC(C)(C)C)n(C3CCC3)c2n1. The number of carbonyl (C=O) groups excluding carboxylic acids is 1. The Morgan fingerprint density at radius 2 is 2.08 bits per heavy atom. The Bertz CT molecular complexity index is 772. The van der Waals surface area contributed by atoms with Gasteiger partial charge >= 0.3 is 0 Å². The van der Waals surface area contributed by atoms with Crippen LogP contribution in [0.25, 0.3) is 11.2 Å². The summed E-state index contributed by atoms with van der Waals surface area (Å²) >= 11 is 0.